The Bertz CT molecular complexity index is 446. The maximum absolute atomic E-state index is 11.5. The normalized spacial score (nSPS) is 11.6. The molecule has 0 bridgehead atoms. The summed E-state index contributed by atoms with van der Waals surface area (Å²) in [5.41, 5.74) is 0. The van der Waals surface area contributed by atoms with Gasteiger partial charge < -0.3 is 19.7 Å². The minimum Gasteiger partial charge on any atom is -0.481 e. The Hall–Kier alpha value is -2.12. The highest BCUT2D eigenvalue weighted by Gasteiger charge is 2.09. The number of hydrogen-bond donors (Lipinski definition) is 2. The largest absolute Gasteiger partial charge is 0.481 e. The van der Waals surface area contributed by atoms with E-state index in [0.29, 0.717) is 45.3 Å². The van der Waals surface area contributed by atoms with E-state index in [1.54, 1.807) is 0 Å². The number of carboxylic acid groups (broad SMARTS) is 2. The molecule has 0 aliphatic heterocycles. The van der Waals surface area contributed by atoms with Gasteiger partial charge in [0, 0.05) is 25.7 Å². The zero-order valence-electron chi connectivity index (χ0n) is 15.4. The molecule has 1 atom stereocenters. The van der Waals surface area contributed by atoms with Gasteiger partial charge in [0.05, 0.1) is 13.2 Å². The van der Waals surface area contributed by atoms with Gasteiger partial charge in [0.2, 0.25) is 0 Å². The summed E-state index contributed by atoms with van der Waals surface area (Å²) < 4.78 is 10.2. The first-order valence-electron chi connectivity index (χ1n) is 9.06. The van der Waals surface area contributed by atoms with E-state index < -0.39 is 11.9 Å². The van der Waals surface area contributed by atoms with Crippen molar-refractivity contribution >= 4 is 23.9 Å². The molecule has 0 aliphatic rings. The van der Waals surface area contributed by atoms with Crippen LogP contribution in [0.5, 0.6) is 0 Å². The van der Waals surface area contributed by atoms with Gasteiger partial charge in [0.1, 0.15) is 0 Å². The number of carbonyl (C=O) groups is 4. The van der Waals surface area contributed by atoms with Crippen molar-refractivity contribution < 1.29 is 38.9 Å². The monoisotopic (exact) mass is 374 g/mol. The first-order valence-corrected chi connectivity index (χ1v) is 9.06. The summed E-state index contributed by atoms with van der Waals surface area (Å²) in [6, 6.07) is 0. The van der Waals surface area contributed by atoms with Gasteiger partial charge >= 0.3 is 23.9 Å². The number of carboxylic acids is 2. The van der Waals surface area contributed by atoms with Gasteiger partial charge in [-0.25, -0.2) is 0 Å². The van der Waals surface area contributed by atoms with Crippen LogP contribution >= 0.6 is 0 Å². The van der Waals surface area contributed by atoms with Crippen molar-refractivity contribution in [2.45, 2.75) is 71.1 Å². The summed E-state index contributed by atoms with van der Waals surface area (Å²) in [4.78, 5) is 43.6. The van der Waals surface area contributed by atoms with Crippen LogP contribution in [-0.2, 0) is 28.7 Å². The number of esters is 2. The zero-order valence-corrected chi connectivity index (χ0v) is 15.4. The van der Waals surface area contributed by atoms with Gasteiger partial charge in [-0.05, 0) is 44.4 Å². The molecule has 0 radical (unpaired) electrons. The number of unbranched alkanes of at least 4 members (excludes halogenated alkanes) is 2. The van der Waals surface area contributed by atoms with E-state index in [1.165, 1.54) is 0 Å². The summed E-state index contributed by atoms with van der Waals surface area (Å²) in [7, 11) is 0. The Morgan fingerprint density at radius 2 is 1.19 bits per heavy atom. The first kappa shape index (κ1) is 23.9. The number of carbonyl (C=O) groups excluding carboxylic acids is 2. The second-order valence-corrected chi connectivity index (χ2v) is 6.35. The van der Waals surface area contributed by atoms with Gasteiger partial charge in [0.15, 0.2) is 0 Å². The number of hydrogen-bond acceptors (Lipinski definition) is 6. The van der Waals surface area contributed by atoms with Crippen LogP contribution in [0.2, 0.25) is 0 Å². The van der Waals surface area contributed by atoms with Gasteiger partial charge in [-0.1, -0.05) is 6.92 Å². The lowest BCUT2D eigenvalue weighted by Gasteiger charge is -2.12. The molecule has 0 aliphatic carbocycles. The Morgan fingerprint density at radius 1 is 0.731 bits per heavy atom. The highest BCUT2D eigenvalue weighted by molar-refractivity contribution is 5.70. The van der Waals surface area contributed by atoms with Crippen molar-refractivity contribution in [3.8, 4) is 0 Å². The summed E-state index contributed by atoms with van der Waals surface area (Å²) in [6.07, 6.45) is 3.90. The van der Waals surface area contributed by atoms with Crippen molar-refractivity contribution in [2.75, 3.05) is 13.2 Å². The molecule has 0 aromatic carbocycles. The predicted octanol–water partition coefficient (Wildman–Crippen LogP) is 2.78. The van der Waals surface area contributed by atoms with E-state index in [-0.39, 0.29) is 43.5 Å². The molecule has 0 aromatic heterocycles. The van der Waals surface area contributed by atoms with E-state index in [2.05, 4.69) is 0 Å². The third kappa shape index (κ3) is 16.7. The number of aliphatic carboxylic acids is 2. The molecule has 26 heavy (non-hydrogen) atoms. The van der Waals surface area contributed by atoms with Crippen LogP contribution in [0.15, 0.2) is 0 Å². The summed E-state index contributed by atoms with van der Waals surface area (Å²) in [5, 5.41) is 17.0. The van der Waals surface area contributed by atoms with Crippen LogP contribution in [0, 0.1) is 5.92 Å². The van der Waals surface area contributed by atoms with Crippen LogP contribution in [0.4, 0.5) is 0 Å². The van der Waals surface area contributed by atoms with E-state index in [9.17, 15) is 19.2 Å². The SMILES string of the molecule is CC(CCCOC(=O)CCCCC(=O)O)COC(=O)CCCCC(=O)O. The minimum absolute atomic E-state index is 0.0575. The predicted molar refractivity (Wildman–Crippen MR) is 92.5 cm³/mol. The summed E-state index contributed by atoms with van der Waals surface area (Å²) >= 11 is 0. The third-order valence-corrected chi connectivity index (χ3v) is 3.68. The molecule has 0 fully saturated rings. The molecule has 0 aromatic rings. The number of rotatable bonds is 16. The summed E-state index contributed by atoms with van der Waals surface area (Å²) in [5.74, 6) is -2.24. The van der Waals surface area contributed by atoms with E-state index in [0.717, 1.165) is 6.42 Å². The van der Waals surface area contributed by atoms with Gasteiger partial charge in [-0.15, -0.1) is 0 Å². The van der Waals surface area contributed by atoms with E-state index in [1.807, 2.05) is 6.92 Å². The maximum atomic E-state index is 11.5. The van der Waals surface area contributed by atoms with E-state index in [4.69, 9.17) is 19.7 Å². The molecule has 1 unspecified atom stereocenters. The fourth-order valence-electron chi connectivity index (χ4n) is 2.17. The molecule has 2 N–H and O–H groups in total. The smallest absolute Gasteiger partial charge is 0.305 e. The highest BCUT2D eigenvalue weighted by Crippen LogP contribution is 2.09. The lowest BCUT2D eigenvalue weighted by atomic mass is 10.1. The molecule has 0 saturated carbocycles. The van der Waals surface area contributed by atoms with E-state index >= 15 is 0 Å². The van der Waals surface area contributed by atoms with Crippen molar-refractivity contribution in [3.63, 3.8) is 0 Å². The lowest BCUT2D eigenvalue weighted by molar-refractivity contribution is -0.145. The van der Waals surface area contributed by atoms with Gasteiger partial charge in [-0.3, -0.25) is 19.2 Å². The number of ether oxygens (including phenoxy) is 2. The van der Waals surface area contributed by atoms with Crippen LogP contribution in [0.3, 0.4) is 0 Å². The molecule has 0 spiro atoms. The maximum Gasteiger partial charge on any atom is 0.305 e. The standard InChI is InChI=1S/C18H30O8/c1-14(13-26-18(24)11-5-3-9-16(21)22)7-6-12-25-17(23)10-4-2-8-15(19)20/h14H,2-13H2,1H3,(H,19,20)(H,21,22). The Balaban J connectivity index is 3.54. The molecule has 0 saturated heterocycles. The summed E-state index contributed by atoms with van der Waals surface area (Å²) in [6.45, 7) is 2.53. The topological polar surface area (TPSA) is 127 Å². The fraction of sp³-hybridized carbons (Fsp3) is 0.778. The molecule has 8 nitrogen and oxygen atoms in total. The van der Waals surface area contributed by atoms with Crippen molar-refractivity contribution in [1.29, 1.82) is 0 Å². The quantitative estimate of drug-likeness (QED) is 0.312. The fourth-order valence-corrected chi connectivity index (χ4v) is 2.17. The second-order valence-electron chi connectivity index (χ2n) is 6.35. The average molecular weight is 374 g/mol. The molecular formula is C18H30O8. The lowest BCUT2D eigenvalue weighted by Crippen LogP contribution is -2.13. The van der Waals surface area contributed by atoms with Crippen molar-refractivity contribution in [3.05, 3.63) is 0 Å². The Labute approximate surface area is 153 Å². The Morgan fingerprint density at radius 3 is 1.69 bits per heavy atom. The van der Waals surface area contributed by atoms with Crippen LogP contribution < -0.4 is 0 Å². The Kier molecular flexibility index (Phi) is 13.9. The van der Waals surface area contributed by atoms with Crippen LogP contribution in [0.25, 0.3) is 0 Å². The van der Waals surface area contributed by atoms with Gasteiger partial charge in [0.25, 0.3) is 0 Å². The average Bonchev–Trinajstić information content (AvgIpc) is 2.57. The highest BCUT2D eigenvalue weighted by atomic mass is 16.5. The van der Waals surface area contributed by atoms with Crippen LogP contribution in [-0.4, -0.2) is 47.3 Å². The molecule has 0 heterocycles. The minimum atomic E-state index is -0.868. The molecule has 8 heteroatoms. The molecule has 0 amide bonds. The zero-order chi connectivity index (χ0) is 19.8. The van der Waals surface area contributed by atoms with Crippen molar-refractivity contribution in [1.82, 2.24) is 0 Å². The molecule has 0 rings (SSSR count). The van der Waals surface area contributed by atoms with Crippen molar-refractivity contribution in [2.24, 2.45) is 5.92 Å². The molecular weight excluding hydrogens is 344 g/mol. The third-order valence-electron chi connectivity index (χ3n) is 3.68. The molecule has 150 valence electrons. The first-order chi connectivity index (χ1) is 12.3. The van der Waals surface area contributed by atoms with Crippen LogP contribution in [0.1, 0.15) is 71.1 Å². The second kappa shape index (κ2) is 15.2. The van der Waals surface area contributed by atoms with Gasteiger partial charge in [-0.2, -0.15) is 0 Å².